The van der Waals surface area contributed by atoms with E-state index in [1.165, 1.54) is 0 Å². The molecule has 2 rings (SSSR count). The van der Waals surface area contributed by atoms with Crippen molar-refractivity contribution < 1.29 is 14.0 Å². The van der Waals surface area contributed by atoms with Crippen molar-refractivity contribution in [3.8, 4) is 12.3 Å². The number of nitrogens with zero attached hydrogens (tertiary/aromatic N) is 1. The van der Waals surface area contributed by atoms with Crippen molar-refractivity contribution in [2.75, 3.05) is 6.61 Å². The first-order valence-corrected chi connectivity index (χ1v) is 6.29. The molecule has 2 heterocycles. The summed E-state index contributed by atoms with van der Waals surface area (Å²) in [5.41, 5.74) is -3.69. The van der Waals surface area contributed by atoms with E-state index >= 15 is 0 Å². The topological polar surface area (TPSA) is 150 Å². The Balaban J connectivity index is 2.78. The molecule has 0 aliphatic carbocycles. The summed E-state index contributed by atoms with van der Waals surface area (Å²) in [5.74, 6) is 1.93. The highest BCUT2D eigenvalue weighted by Gasteiger charge is 2.28. The number of H-pyrrole nitrogens is 3. The van der Waals surface area contributed by atoms with Gasteiger partial charge in [-0.3, -0.25) is 24.3 Å². The Morgan fingerprint density at radius 2 is 2.00 bits per heavy atom. The quantitative estimate of drug-likeness (QED) is 0.390. The largest absolute Gasteiger partial charge is 0.444 e. The van der Waals surface area contributed by atoms with Crippen LogP contribution in [0, 0.1) is 12.3 Å². The van der Waals surface area contributed by atoms with Crippen molar-refractivity contribution in [3.05, 3.63) is 31.3 Å². The van der Waals surface area contributed by atoms with Crippen LogP contribution in [0.3, 0.4) is 0 Å². The molecule has 0 aliphatic heterocycles. The van der Waals surface area contributed by atoms with E-state index in [2.05, 4.69) is 19.5 Å². The molecule has 0 bridgehead atoms. The fourth-order valence-electron chi connectivity index (χ4n) is 1.40. The van der Waals surface area contributed by atoms with Crippen molar-refractivity contribution in [1.82, 2.24) is 19.3 Å². The molecule has 4 N–H and O–H groups in total. The van der Waals surface area contributed by atoms with E-state index in [-0.39, 0.29) is 15.5 Å². The predicted molar refractivity (Wildman–Crippen MR) is 63.8 cm³/mol. The number of hydrogen-bond acceptors (Lipinski definition) is 5. The highest BCUT2D eigenvalue weighted by Crippen LogP contribution is 2.40. The molecule has 0 spiro atoms. The first-order valence-electron chi connectivity index (χ1n) is 4.76. The summed E-state index contributed by atoms with van der Waals surface area (Å²) in [7, 11) is -4.75. The number of terminal acetylenes is 1. The average molecular weight is 286 g/mol. The Hall–Kier alpha value is -2.34. The van der Waals surface area contributed by atoms with E-state index in [1.54, 1.807) is 0 Å². The van der Waals surface area contributed by atoms with Gasteiger partial charge < -0.3 is 4.89 Å². The fourth-order valence-corrected chi connectivity index (χ4v) is 2.37. The van der Waals surface area contributed by atoms with Gasteiger partial charge in [-0.25, -0.2) is 14.2 Å². The lowest BCUT2D eigenvalue weighted by molar-refractivity contribution is 0.280. The molecule has 11 heteroatoms. The lowest BCUT2D eigenvalue weighted by atomic mass is 10.5. The molecular formula is C8H7N4O6P. The SMILES string of the molecule is C#CCOP(=O)(O)n1c(=O)[nH]c2[nH]c(=O)[nH]c2c1=O. The van der Waals surface area contributed by atoms with Crippen LogP contribution in [-0.4, -0.2) is 30.8 Å². The van der Waals surface area contributed by atoms with Gasteiger partial charge in [-0.2, -0.15) is 4.34 Å². The first kappa shape index (κ1) is 13.1. The maximum Gasteiger partial charge on any atom is 0.444 e. The van der Waals surface area contributed by atoms with Gasteiger partial charge in [-0.15, -0.1) is 6.42 Å². The van der Waals surface area contributed by atoms with Crippen LogP contribution in [0.4, 0.5) is 0 Å². The van der Waals surface area contributed by atoms with Crippen LogP contribution in [0.2, 0.25) is 0 Å². The van der Waals surface area contributed by atoms with E-state index in [1.807, 2.05) is 5.92 Å². The number of imidazole rings is 1. The Morgan fingerprint density at radius 3 is 2.63 bits per heavy atom. The summed E-state index contributed by atoms with van der Waals surface area (Å²) in [5, 5.41) is 0. The van der Waals surface area contributed by atoms with E-state index < -0.39 is 31.3 Å². The molecule has 1 atom stereocenters. The number of rotatable bonds is 3. The second kappa shape index (κ2) is 4.40. The Kier molecular flexibility index (Phi) is 3.03. The number of nitrogens with one attached hydrogen (secondary N) is 3. The summed E-state index contributed by atoms with van der Waals surface area (Å²) in [6.45, 7) is -0.568. The molecule has 19 heavy (non-hydrogen) atoms. The summed E-state index contributed by atoms with van der Waals surface area (Å²) >= 11 is 0. The number of hydrogen-bond donors (Lipinski definition) is 4. The summed E-state index contributed by atoms with van der Waals surface area (Å²) in [6.07, 6.45) is 4.85. The van der Waals surface area contributed by atoms with Crippen LogP contribution in [0.5, 0.6) is 0 Å². The van der Waals surface area contributed by atoms with Gasteiger partial charge in [0.15, 0.2) is 5.52 Å². The lowest BCUT2D eigenvalue weighted by Gasteiger charge is -2.10. The molecule has 0 amide bonds. The van der Waals surface area contributed by atoms with Crippen LogP contribution in [0.15, 0.2) is 14.4 Å². The van der Waals surface area contributed by atoms with E-state index in [4.69, 9.17) is 6.42 Å². The molecule has 100 valence electrons. The second-order valence-corrected chi connectivity index (χ2v) is 4.98. The maximum atomic E-state index is 11.9. The number of fused-ring (bicyclic) bond motifs is 1. The Morgan fingerprint density at radius 1 is 1.32 bits per heavy atom. The minimum absolute atomic E-state index is 0.0313. The van der Waals surface area contributed by atoms with Crippen LogP contribution in [0.25, 0.3) is 11.2 Å². The Bertz CT molecular complexity index is 893. The van der Waals surface area contributed by atoms with Gasteiger partial charge in [0.2, 0.25) is 0 Å². The molecule has 0 saturated carbocycles. The van der Waals surface area contributed by atoms with Crippen molar-refractivity contribution in [1.29, 1.82) is 0 Å². The third-order valence-electron chi connectivity index (χ3n) is 2.13. The van der Waals surface area contributed by atoms with Gasteiger partial charge in [0.25, 0.3) is 5.56 Å². The predicted octanol–water partition coefficient (Wildman–Crippen LogP) is -1.70. The molecule has 0 saturated heterocycles. The van der Waals surface area contributed by atoms with Gasteiger partial charge in [0, 0.05) is 0 Å². The molecule has 2 aromatic rings. The van der Waals surface area contributed by atoms with Gasteiger partial charge in [-0.1, -0.05) is 5.92 Å². The van der Waals surface area contributed by atoms with Crippen molar-refractivity contribution in [2.24, 2.45) is 0 Å². The zero-order valence-corrected chi connectivity index (χ0v) is 10.1. The van der Waals surface area contributed by atoms with Crippen molar-refractivity contribution in [3.63, 3.8) is 0 Å². The molecule has 10 nitrogen and oxygen atoms in total. The van der Waals surface area contributed by atoms with Crippen LogP contribution in [-0.2, 0) is 9.09 Å². The first-order chi connectivity index (χ1) is 8.86. The van der Waals surface area contributed by atoms with Crippen LogP contribution >= 0.6 is 7.75 Å². The smallest absolute Gasteiger partial charge is 0.307 e. The van der Waals surface area contributed by atoms with Crippen molar-refractivity contribution >= 4 is 18.9 Å². The average Bonchev–Trinajstić information content (AvgIpc) is 2.67. The van der Waals surface area contributed by atoms with Gasteiger partial charge >= 0.3 is 19.1 Å². The fraction of sp³-hybridized carbons (Fsp3) is 0.125. The lowest BCUT2D eigenvalue weighted by Crippen LogP contribution is -2.34. The highest BCUT2D eigenvalue weighted by atomic mass is 31.2. The molecule has 2 aromatic heterocycles. The van der Waals surface area contributed by atoms with E-state index in [0.717, 1.165) is 0 Å². The number of aromatic nitrogens is 4. The molecular weight excluding hydrogens is 279 g/mol. The van der Waals surface area contributed by atoms with Gasteiger partial charge in [0.05, 0.1) is 0 Å². The molecule has 0 aliphatic rings. The second-order valence-electron chi connectivity index (χ2n) is 3.34. The maximum absolute atomic E-state index is 11.9. The van der Waals surface area contributed by atoms with Crippen LogP contribution < -0.4 is 16.9 Å². The Labute approximate surface area is 103 Å². The highest BCUT2D eigenvalue weighted by molar-refractivity contribution is 7.51. The minimum atomic E-state index is -4.75. The normalized spacial score (nSPS) is 14.1. The van der Waals surface area contributed by atoms with Gasteiger partial charge in [-0.05, 0) is 0 Å². The minimum Gasteiger partial charge on any atom is -0.307 e. The van der Waals surface area contributed by atoms with Crippen LogP contribution in [0.1, 0.15) is 0 Å². The van der Waals surface area contributed by atoms with Gasteiger partial charge in [0.1, 0.15) is 12.3 Å². The molecule has 0 radical (unpaired) electrons. The van der Waals surface area contributed by atoms with Crippen molar-refractivity contribution in [2.45, 2.75) is 0 Å². The molecule has 0 fully saturated rings. The summed E-state index contributed by atoms with van der Waals surface area (Å²) in [4.78, 5) is 50.3. The zero-order valence-electron chi connectivity index (χ0n) is 9.17. The monoisotopic (exact) mass is 286 g/mol. The number of aromatic amines is 3. The summed E-state index contributed by atoms with van der Waals surface area (Å²) in [6, 6.07) is 0. The third kappa shape index (κ3) is 2.17. The molecule has 1 unspecified atom stereocenters. The molecule has 0 aromatic carbocycles. The third-order valence-corrected chi connectivity index (χ3v) is 3.46. The zero-order chi connectivity index (χ0) is 14.2. The summed E-state index contributed by atoms with van der Waals surface area (Å²) < 4.78 is 16.1. The van der Waals surface area contributed by atoms with E-state index in [9.17, 15) is 23.8 Å². The standard InChI is InChI=1S/C8H7N4O6P/c1-2-3-18-19(16,17)12-6(13)4-5(11-8(12)15)10-7(14)9-4/h1H,3H2,(H,11,15)(H,16,17)(H2,9,10,14). The van der Waals surface area contributed by atoms with E-state index in [0.29, 0.717) is 0 Å².